The highest BCUT2D eigenvalue weighted by atomic mass is 35.5. The average Bonchev–Trinajstić information content (AvgIpc) is 2.27. The molecule has 17 heavy (non-hydrogen) atoms. The Kier molecular flexibility index (Phi) is 4.42. The number of nitrogens with zero attached hydrogens (tertiary/aromatic N) is 3. The van der Waals surface area contributed by atoms with Gasteiger partial charge in [0.25, 0.3) is 0 Å². The molecule has 1 aromatic rings. The minimum Gasteiger partial charge on any atom is -0.478 e. The van der Waals surface area contributed by atoms with Crippen molar-refractivity contribution in [3.8, 4) is 5.88 Å². The van der Waals surface area contributed by atoms with E-state index in [9.17, 15) is 0 Å². The first kappa shape index (κ1) is 12.4. The van der Waals surface area contributed by atoms with Crippen molar-refractivity contribution in [2.24, 2.45) is 0 Å². The number of anilines is 1. The molecule has 1 saturated carbocycles. The lowest BCUT2D eigenvalue weighted by molar-refractivity contribution is 0.324. The van der Waals surface area contributed by atoms with Gasteiger partial charge < -0.3 is 9.64 Å². The summed E-state index contributed by atoms with van der Waals surface area (Å²) < 4.78 is 5.40. The Bertz CT molecular complexity index is 357. The molecule has 1 fully saturated rings. The monoisotopic (exact) mass is 255 g/mol. The second kappa shape index (κ2) is 6.05. The van der Waals surface area contributed by atoms with Crippen LogP contribution in [0.5, 0.6) is 5.88 Å². The fourth-order valence-corrected chi connectivity index (χ4v) is 2.12. The van der Waals surface area contributed by atoms with Gasteiger partial charge in [-0.1, -0.05) is 0 Å². The molecule has 0 N–H and O–H groups in total. The van der Waals surface area contributed by atoms with Crippen molar-refractivity contribution < 1.29 is 4.74 Å². The Labute approximate surface area is 107 Å². The zero-order valence-electron chi connectivity index (χ0n) is 10.1. The quantitative estimate of drug-likeness (QED) is 0.732. The van der Waals surface area contributed by atoms with E-state index < -0.39 is 0 Å². The normalized spacial score (nSPS) is 15.4. The van der Waals surface area contributed by atoms with Crippen LogP contribution in [0.15, 0.2) is 12.3 Å². The van der Waals surface area contributed by atoms with Gasteiger partial charge in [0.2, 0.25) is 11.8 Å². The van der Waals surface area contributed by atoms with Crippen molar-refractivity contribution in [1.29, 1.82) is 0 Å². The predicted molar refractivity (Wildman–Crippen MR) is 68.9 cm³/mol. The van der Waals surface area contributed by atoms with E-state index in [-0.39, 0.29) is 0 Å². The molecule has 94 valence electrons. The summed E-state index contributed by atoms with van der Waals surface area (Å²) in [6, 6.07) is 2.33. The Hall–Kier alpha value is -1.03. The van der Waals surface area contributed by atoms with Crippen LogP contribution >= 0.6 is 11.6 Å². The molecular weight excluding hydrogens is 238 g/mol. The van der Waals surface area contributed by atoms with Crippen LogP contribution < -0.4 is 9.64 Å². The Morgan fingerprint density at radius 3 is 2.94 bits per heavy atom. The van der Waals surface area contributed by atoms with Gasteiger partial charge in [-0.2, -0.15) is 4.98 Å². The molecule has 0 atom stereocenters. The lowest BCUT2D eigenvalue weighted by Gasteiger charge is -2.37. The highest BCUT2D eigenvalue weighted by Gasteiger charge is 2.26. The molecule has 0 radical (unpaired) electrons. The summed E-state index contributed by atoms with van der Waals surface area (Å²) in [7, 11) is 0. The number of hydrogen-bond donors (Lipinski definition) is 0. The Balaban J connectivity index is 2.13. The highest BCUT2D eigenvalue weighted by molar-refractivity contribution is 6.18. The summed E-state index contributed by atoms with van der Waals surface area (Å²) in [5, 5.41) is 0. The Morgan fingerprint density at radius 1 is 1.53 bits per heavy atom. The molecule has 1 aromatic heterocycles. The van der Waals surface area contributed by atoms with Crippen LogP contribution in [0.25, 0.3) is 0 Å². The second-order valence-corrected chi connectivity index (χ2v) is 4.47. The van der Waals surface area contributed by atoms with Crippen molar-refractivity contribution in [3.63, 3.8) is 0 Å². The van der Waals surface area contributed by atoms with Crippen LogP contribution in [0.2, 0.25) is 0 Å². The molecule has 5 heteroatoms. The van der Waals surface area contributed by atoms with E-state index in [0.717, 1.165) is 12.5 Å². The van der Waals surface area contributed by atoms with Crippen LogP contribution in [0, 0.1) is 0 Å². The van der Waals surface area contributed by atoms with Crippen molar-refractivity contribution in [2.45, 2.75) is 32.2 Å². The van der Waals surface area contributed by atoms with E-state index in [0.29, 0.717) is 24.4 Å². The minimum atomic E-state index is 0.547. The van der Waals surface area contributed by atoms with Gasteiger partial charge in [0.15, 0.2) is 0 Å². The molecule has 0 aliphatic heterocycles. The average molecular weight is 256 g/mol. The molecule has 0 spiro atoms. The van der Waals surface area contributed by atoms with Crippen molar-refractivity contribution in [1.82, 2.24) is 9.97 Å². The third kappa shape index (κ3) is 3.00. The molecule has 0 amide bonds. The number of rotatable bonds is 6. The maximum absolute atomic E-state index is 5.84. The maximum atomic E-state index is 5.84. The Morgan fingerprint density at radius 2 is 2.35 bits per heavy atom. The zero-order chi connectivity index (χ0) is 12.1. The van der Waals surface area contributed by atoms with Gasteiger partial charge in [0.05, 0.1) is 6.61 Å². The van der Waals surface area contributed by atoms with E-state index in [1.165, 1.54) is 19.3 Å². The molecule has 4 nitrogen and oxygen atoms in total. The summed E-state index contributed by atoms with van der Waals surface area (Å²) in [5.41, 5.74) is 0. The van der Waals surface area contributed by atoms with Crippen LogP contribution in [-0.2, 0) is 0 Å². The van der Waals surface area contributed by atoms with Crippen molar-refractivity contribution in [3.05, 3.63) is 12.3 Å². The van der Waals surface area contributed by atoms with Gasteiger partial charge >= 0.3 is 0 Å². The van der Waals surface area contributed by atoms with E-state index >= 15 is 0 Å². The summed E-state index contributed by atoms with van der Waals surface area (Å²) in [4.78, 5) is 10.9. The maximum Gasteiger partial charge on any atom is 0.228 e. The first-order valence-corrected chi connectivity index (χ1v) is 6.67. The van der Waals surface area contributed by atoms with E-state index in [1.807, 2.05) is 6.92 Å². The number of alkyl halides is 1. The molecule has 2 rings (SSSR count). The van der Waals surface area contributed by atoms with Crippen LogP contribution in [0.4, 0.5) is 5.95 Å². The second-order valence-electron chi connectivity index (χ2n) is 4.09. The number of hydrogen-bond acceptors (Lipinski definition) is 4. The summed E-state index contributed by atoms with van der Waals surface area (Å²) in [6.07, 6.45) is 5.44. The van der Waals surface area contributed by atoms with Gasteiger partial charge in [-0.3, -0.25) is 0 Å². The van der Waals surface area contributed by atoms with Crippen LogP contribution in [0.3, 0.4) is 0 Å². The highest BCUT2D eigenvalue weighted by Crippen LogP contribution is 2.28. The number of ether oxygens (including phenoxy) is 1. The van der Waals surface area contributed by atoms with Gasteiger partial charge in [0.1, 0.15) is 0 Å². The molecule has 1 heterocycles. The lowest BCUT2D eigenvalue weighted by Crippen LogP contribution is -2.42. The molecule has 0 aromatic carbocycles. The predicted octanol–water partition coefficient (Wildman–Crippen LogP) is 2.47. The smallest absolute Gasteiger partial charge is 0.228 e. The first-order chi connectivity index (χ1) is 8.35. The summed E-state index contributed by atoms with van der Waals surface area (Å²) in [6.45, 7) is 3.36. The van der Waals surface area contributed by atoms with Gasteiger partial charge in [-0.15, -0.1) is 11.6 Å². The molecule has 0 unspecified atom stereocenters. The van der Waals surface area contributed by atoms with Gasteiger partial charge in [-0.05, 0) is 26.2 Å². The zero-order valence-corrected chi connectivity index (χ0v) is 10.9. The van der Waals surface area contributed by atoms with E-state index in [2.05, 4.69) is 14.9 Å². The van der Waals surface area contributed by atoms with Crippen LogP contribution in [0.1, 0.15) is 26.2 Å². The lowest BCUT2D eigenvalue weighted by atomic mass is 9.92. The molecule has 0 bridgehead atoms. The SMILES string of the molecule is CCOc1ccnc(N(CCCl)C2CCC2)n1. The fraction of sp³-hybridized carbons (Fsp3) is 0.667. The largest absolute Gasteiger partial charge is 0.478 e. The minimum absolute atomic E-state index is 0.547. The molecule has 0 saturated heterocycles. The number of halogens is 1. The van der Waals surface area contributed by atoms with E-state index in [4.69, 9.17) is 16.3 Å². The topological polar surface area (TPSA) is 38.2 Å². The third-order valence-corrected chi connectivity index (χ3v) is 3.18. The summed E-state index contributed by atoms with van der Waals surface area (Å²) >= 11 is 5.84. The van der Waals surface area contributed by atoms with Gasteiger partial charge in [-0.25, -0.2) is 4.98 Å². The fourth-order valence-electron chi connectivity index (χ4n) is 1.93. The third-order valence-electron chi connectivity index (χ3n) is 3.01. The van der Waals surface area contributed by atoms with E-state index in [1.54, 1.807) is 12.3 Å². The summed E-state index contributed by atoms with van der Waals surface area (Å²) in [5.74, 6) is 1.97. The van der Waals surface area contributed by atoms with Crippen molar-refractivity contribution >= 4 is 17.5 Å². The molecule has 1 aliphatic carbocycles. The number of aromatic nitrogens is 2. The van der Waals surface area contributed by atoms with Crippen molar-refractivity contribution in [2.75, 3.05) is 23.9 Å². The van der Waals surface area contributed by atoms with Gasteiger partial charge in [0, 0.05) is 30.7 Å². The molecule has 1 aliphatic rings. The first-order valence-electron chi connectivity index (χ1n) is 6.13. The standard InChI is InChI=1S/C12H18ClN3O/c1-2-17-11-6-8-14-12(15-11)16(9-7-13)10-4-3-5-10/h6,8,10H,2-5,7,9H2,1H3. The molecular formula is C12H18ClN3O. The van der Waals surface area contributed by atoms with Crippen LogP contribution in [-0.4, -0.2) is 35.0 Å².